The van der Waals surface area contributed by atoms with E-state index in [-0.39, 0.29) is 6.04 Å². The Hall–Kier alpha value is -3.32. The van der Waals surface area contributed by atoms with Gasteiger partial charge in [0, 0.05) is 26.2 Å². The molecule has 0 fully saturated rings. The summed E-state index contributed by atoms with van der Waals surface area (Å²) in [6, 6.07) is 18.5. The maximum absolute atomic E-state index is 5.57. The SMILES string of the molecule is CN=C(NCC(c1ccccc1OC)N(C)C)N(C)Cc1ncc(-c2ccccc2)[nH]1. The fourth-order valence-electron chi connectivity index (χ4n) is 3.59. The number of imidazole rings is 1. The molecule has 1 aromatic heterocycles. The fourth-order valence-corrected chi connectivity index (χ4v) is 3.59. The highest BCUT2D eigenvalue weighted by atomic mass is 16.5. The van der Waals surface area contributed by atoms with Crippen molar-refractivity contribution < 1.29 is 4.74 Å². The highest BCUT2D eigenvalue weighted by molar-refractivity contribution is 5.79. The molecule has 3 rings (SSSR count). The molecule has 0 saturated carbocycles. The topological polar surface area (TPSA) is 68.8 Å². The van der Waals surface area contributed by atoms with E-state index in [4.69, 9.17) is 4.74 Å². The molecule has 0 aliphatic rings. The summed E-state index contributed by atoms with van der Waals surface area (Å²) < 4.78 is 5.57. The Bertz CT molecular complexity index is 982. The average Bonchev–Trinajstić information content (AvgIpc) is 3.25. The highest BCUT2D eigenvalue weighted by Gasteiger charge is 2.19. The van der Waals surface area contributed by atoms with E-state index in [1.165, 1.54) is 0 Å². The zero-order valence-corrected chi connectivity index (χ0v) is 19.0. The molecule has 164 valence electrons. The van der Waals surface area contributed by atoms with Crippen LogP contribution in [0, 0.1) is 0 Å². The molecule has 1 unspecified atom stereocenters. The summed E-state index contributed by atoms with van der Waals surface area (Å²) in [6.45, 7) is 1.31. The van der Waals surface area contributed by atoms with Crippen LogP contribution in [0.5, 0.6) is 5.75 Å². The van der Waals surface area contributed by atoms with Crippen LogP contribution in [0.3, 0.4) is 0 Å². The molecule has 0 spiro atoms. The van der Waals surface area contributed by atoms with Gasteiger partial charge in [0.05, 0.1) is 31.6 Å². The summed E-state index contributed by atoms with van der Waals surface area (Å²) in [5.74, 6) is 2.58. The number of likely N-dealkylation sites (N-methyl/N-ethyl adjacent to an activating group) is 1. The third kappa shape index (κ3) is 5.64. The van der Waals surface area contributed by atoms with Crippen LogP contribution in [0.4, 0.5) is 0 Å². The number of nitrogens with one attached hydrogen (secondary N) is 2. The largest absolute Gasteiger partial charge is 0.496 e. The third-order valence-electron chi connectivity index (χ3n) is 5.25. The van der Waals surface area contributed by atoms with Crippen LogP contribution in [-0.2, 0) is 6.54 Å². The molecule has 0 saturated heterocycles. The molecule has 0 radical (unpaired) electrons. The number of guanidine groups is 1. The van der Waals surface area contributed by atoms with Gasteiger partial charge in [0.25, 0.3) is 0 Å². The van der Waals surface area contributed by atoms with Crippen molar-refractivity contribution in [3.63, 3.8) is 0 Å². The second-order valence-electron chi connectivity index (χ2n) is 7.62. The van der Waals surface area contributed by atoms with Gasteiger partial charge >= 0.3 is 0 Å². The molecule has 7 heteroatoms. The van der Waals surface area contributed by atoms with Gasteiger partial charge in [-0.2, -0.15) is 0 Å². The lowest BCUT2D eigenvalue weighted by atomic mass is 10.0. The summed E-state index contributed by atoms with van der Waals surface area (Å²) in [5, 5.41) is 3.50. The van der Waals surface area contributed by atoms with E-state index in [1.807, 2.05) is 49.6 Å². The van der Waals surface area contributed by atoms with Crippen molar-refractivity contribution in [2.75, 3.05) is 41.8 Å². The summed E-state index contributed by atoms with van der Waals surface area (Å²) >= 11 is 0. The van der Waals surface area contributed by atoms with Gasteiger partial charge in [-0.3, -0.25) is 4.99 Å². The molecule has 0 bridgehead atoms. The van der Waals surface area contributed by atoms with E-state index < -0.39 is 0 Å². The summed E-state index contributed by atoms with van der Waals surface area (Å²) in [7, 11) is 9.65. The molecule has 1 heterocycles. The Labute approximate surface area is 184 Å². The van der Waals surface area contributed by atoms with Gasteiger partial charge in [-0.1, -0.05) is 48.5 Å². The van der Waals surface area contributed by atoms with Gasteiger partial charge in [0.15, 0.2) is 5.96 Å². The lowest BCUT2D eigenvalue weighted by Gasteiger charge is -2.29. The Balaban J connectivity index is 1.66. The minimum atomic E-state index is 0.134. The van der Waals surface area contributed by atoms with E-state index in [1.54, 1.807) is 14.2 Å². The zero-order valence-electron chi connectivity index (χ0n) is 19.0. The lowest BCUT2D eigenvalue weighted by Crippen LogP contribution is -2.42. The monoisotopic (exact) mass is 420 g/mol. The number of ether oxygens (including phenoxy) is 1. The number of H-pyrrole nitrogens is 1. The molecule has 0 aliphatic heterocycles. The number of hydrogen-bond donors (Lipinski definition) is 2. The fraction of sp³-hybridized carbons (Fsp3) is 0.333. The predicted molar refractivity (Wildman–Crippen MR) is 126 cm³/mol. The highest BCUT2D eigenvalue weighted by Crippen LogP contribution is 2.27. The molecule has 2 aromatic carbocycles. The molecule has 7 nitrogen and oxygen atoms in total. The number of aromatic nitrogens is 2. The average molecular weight is 421 g/mol. The van der Waals surface area contributed by atoms with Gasteiger partial charge in [-0.15, -0.1) is 0 Å². The van der Waals surface area contributed by atoms with Crippen molar-refractivity contribution in [1.82, 2.24) is 25.1 Å². The van der Waals surface area contributed by atoms with Gasteiger partial charge in [0.1, 0.15) is 11.6 Å². The van der Waals surface area contributed by atoms with Crippen molar-refractivity contribution in [1.29, 1.82) is 0 Å². The first kappa shape index (κ1) is 22.4. The van der Waals surface area contributed by atoms with Crippen LogP contribution in [0.25, 0.3) is 11.3 Å². The standard InChI is InChI=1S/C24H32N6O/c1-25-24(27-16-21(29(2)3)19-13-9-10-14-22(19)31-5)30(4)17-23-26-15-20(28-23)18-11-7-6-8-12-18/h6-15,21H,16-17H2,1-5H3,(H,25,27)(H,26,28). The number of para-hydroxylation sites is 1. The zero-order chi connectivity index (χ0) is 22.2. The maximum Gasteiger partial charge on any atom is 0.193 e. The van der Waals surface area contributed by atoms with E-state index >= 15 is 0 Å². The number of benzene rings is 2. The summed E-state index contributed by atoms with van der Waals surface area (Å²) in [4.78, 5) is 16.6. The lowest BCUT2D eigenvalue weighted by molar-refractivity contribution is 0.285. The Kier molecular flexibility index (Phi) is 7.67. The summed E-state index contributed by atoms with van der Waals surface area (Å²) in [6.07, 6.45) is 1.87. The van der Waals surface area contributed by atoms with Crippen molar-refractivity contribution in [3.8, 4) is 17.0 Å². The molecule has 1 atom stereocenters. The minimum absolute atomic E-state index is 0.134. The number of nitrogens with zero attached hydrogens (tertiary/aromatic N) is 4. The first-order valence-electron chi connectivity index (χ1n) is 10.3. The van der Waals surface area contributed by atoms with Crippen LogP contribution in [0.2, 0.25) is 0 Å². The molecule has 0 aliphatic carbocycles. The van der Waals surface area contributed by atoms with Gasteiger partial charge in [-0.25, -0.2) is 4.98 Å². The Morgan fingerprint density at radius 1 is 1.10 bits per heavy atom. The van der Waals surface area contributed by atoms with Crippen molar-refractivity contribution in [3.05, 3.63) is 72.2 Å². The first-order chi connectivity index (χ1) is 15.0. The molecule has 2 N–H and O–H groups in total. The quantitative estimate of drug-likeness (QED) is 0.432. The van der Waals surface area contributed by atoms with Gasteiger partial charge < -0.3 is 24.8 Å². The van der Waals surface area contributed by atoms with E-state index in [0.29, 0.717) is 13.1 Å². The third-order valence-corrected chi connectivity index (χ3v) is 5.25. The molecular weight excluding hydrogens is 388 g/mol. The summed E-state index contributed by atoms with van der Waals surface area (Å²) in [5.41, 5.74) is 3.27. The van der Waals surface area contributed by atoms with Crippen molar-refractivity contribution in [2.45, 2.75) is 12.6 Å². The number of rotatable bonds is 8. The van der Waals surface area contributed by atoms with E-state index in [2.05, 4.69) is 62.4 Å². The molecule has 31 heavy (non-hydrogen) atoms. The molecular formula is C24H32N6O. The first-order valence-corrected chi connectivity index (χ1v) is 10.3. The second kappa shape index (κ2) is 10.6. The van der Waals surface area contributed by atoms with Gasteiger partial charge in [0.2, 0.25) is 0 Å². The number of methoxy groups -OCH3 is 1. The van der Waals surface area contributed by atoms with Crippen molar-refractivity contribution >= 4 is 5.96 Å². The van der Waals surface area contributed by atoms with Crippen LogP contribution in [-0.4, -0.2) is 67.6 Å². The minimum Gasteiger partial charge on any atom is -0.496 e. The maximum atomic E-state index is 5.57. The predicted octanol–water partition coefficient (Wildman–Crippen LogP) is 3.40. The number of aliphatic imine (C=N–C) groups is 1. The number of hydrogen-bond acceptors (Lipinski definition) is 4. The van der Waals surface area contributed by atoms with E-state index in [9.17, 15) is 0 Å². The number of aromatic amines is 1. The normalized spacial score (nSPS) is 12.6. The van der Waals surface area contributed by atoms with E-state index in [0.717, 1.165) is 34.4 Å². The molecule has 0 amide bonds. The Morgan fingerprint density at radius 2 is 1.81 bits per heavy atom. The molecule has 3 aromatic rings. The second-order valence-corrected chi connectivity index (χ2v) is 7.62. The van der Waals surface area contributed by atoms with Crippen LogP contribution >= 0.6 is 0 Å². The smallest absolute Gasteiger partial charge is 0.193 e. The van der Waals surface area contributed by atoms with Crippen molar-refractivity contribution in [2.24, 2.45) is 4.99 Å². The Morgan fingerprint density at radius 3 is 2.48 bits per heavy atom. The van der Waals surface area contributed by atoms with Crippen LogP contribution in [0.1, 0.15) is 17.4 Å². The van der Waals surface area contributed by atoms with Gasteiger partial charge in [-0.05, 0) is 25.7 Å². The van der Waals surface area contributed by atoms with Crippen LogP contribution < -0.4 is 10.1 Å². The van der Waals surface area contributed by atoms with Crippen LogP contribution in [0.15, 0.2) is 65.8 Å².